The second kappa shape index (κ2) is 14.2. The van der Waals surface area contributed by atoms with Crippen molar-refractivity contribution in [1.29, 1.82) is 0 Å². The number of amides is 1. The first kappa shape index (κ1) is 36.1. The molecule has 3 N–H and O–H groups in total. The first-order valence-corrected chi connectivity index (χ1v) is 19.8. The lowest BCUT2D eigenvalue weighted by Crippen LogP contribution is -2.58. The molecule has 7 nitrogen and oxygen atoms in total. The molecular weight excluding hydrogens is 572 g/mol. The molecule has 0 bridgehead atoms. The number of nitrogens with one attached hydrogen (secondary N) is 1. The van der Waals surface area contributed by atoms with Crippen molar-refractivity contribution in [1.82, 2.24) is 5.32 Å². The summed E-state index contributed by atoms with van der Waals surface area (Å²) < 4.78 is 31.7. The number of aliphatic hydroxyl groups is 1. The molecule has 0 aromatic heterocycles. The van der Waals surface area contributed by atoms with Crippen LogP contribution in [0.15, 0.2) is 0 Å². The van der Waals surface area contributed by atoms with Crippen LogP contribution < -0.4 is 5.32 Å². The summed E-state index contributed by atoms with van der Waals surface area (Å²) >= 11 is 0. The average Bonchev–Trinajstić information content (AvgIpc) is 3.26. The fraction of sp³-hybridized carbons (Fsp3) is 0.972. The highest BCUT2D eigenvalue weighted by Crippen LogP contribution is 2.69. The Morgan fingerprint density at radius 2 is 1.68 bits per heavy atom. The van der Waals surface area contributed by atoms with Gasteiger partial charge in [0.05, 0.1) is 20.6 Å². The number of carbonyl (C=O) groups is 1. The van der Waals surface area contributed by atoms with Crippen molar-refractivity contribution in [2.75, 3.05) is 39.5 Å². The van der Waals surface area contributed by atoms with E-state index in [-0.39, 0.29) is 23.8 Å². The van der Waals surface area contributed by atoms with Crippen LogP contribution in [0, 0.1) is 58.2 Å². The lowest BCUT2D eigenvalue weighted by atomic mass is 9.42. The van der Waals surface area contributed by atoms with Gasteiger partial charge in [-0.25, -0.2) is 0 Å². The molecule has 4 fully saturated rings. The molecule has 4 aliphatic carbocycles. The van der Waals surface area contributed by atoms with E-state index in [0.29, 0.717) is 34.8 Å². The summed E-state index contributed by atoms with van der Waals surface area (Å²) in [5.41, 5.74) is 0.552. The highest BCUT2D eigenvalue weighted by molar-refractivity contribution is 7.85. The molecular formula is C36H67N2O5S+. The highest BCUT2D eigenvalue weighted by Gasteiger charge is 2.62. The SMILES string of the molecule is CC(C)CCC[C@@H](C)[C@H]1CC[C@H]2[C@@H]3CCC4CCCC(C(=O)NCCC[N+](C)(C)CC(O)CS(=O)(=O)O)[C@]4(C)[C@H]3CC[C@]12C. The van der Waals surface area contributed by atoms with E-state index in [4.69, 9.17) is 4.55 Å². The minimum absolute atomic E-state index is 0.0861. The van der Waals surface area contributed by atoms with Crippen molar-refractivity contribution < 1.29 is 27.4 Å². The van der Waals surface area contributed by atoms with Gasteiger partial charge < -0.3 is 14.9 Å². The van der Waals surface area contributed by atoms with Gasteiger partial charge in [0, 0.05) is 18.9 Å². The second-order valence-corrected chi connectivity index (χ2v) is 18.9. The van der Waals surface area contributed by atoms with Gasteiger partial charge >= 0.3 is 0 Å². The maximum absolute atomic E-state index is 13.9. The number of quaternary nitrogens is 1. The van der Waals surface area contributed by atoms with Crippen LogP contribution in [0.2, 0.25) is 0 Å². The summed E-state index contributed by atoms with van der Waals surface area (Å²) in [4.78, 5) is 13.9. The molecule has 0 aliphatic heterocycles. The van der Waals surface area contributed by atoms with Gasteiger partial charge in [-0.1, -0.05) is 60.3 Å². The van der Waals surface area contributed by atoms with Crippen LogP contribution in [0.4, 0.5) is 0 Å². The Balaban J connectivity index is 1.36. The molecule has 0 saturated heterocycles. The third kappa shape index (κ3) is 8.05. The minimum Gasteiger partial charge on any atom is -0.386 e. The van der Waals surface area contributed by atoms with Crippen LogP contribution in [0.5, 0.6) is 0 Å². The Hall–Kier alpha value is -0.700. The molecule has 0 aromatic rings. The fourth-order valence-electron chi connectivity index (χ4n) is 11.6. The number of fused-ring (bicyclic) bond motifs is 5. The number of likely N-dealkylation sites (N-methyl/N-ethyl adjacent to an activating group) is 1. The topological polar surface area (TPSA) is 104 Å². The van der Waals surface area contributed by atoms with E-state index >= 15 is 0 Å². The molecule has 8 heteroatoms. The summed E-state index contributed by atoms with van der Waals surface area (Å²) in [5, 5.41) is 13.4. The number of nitrogens with zero attached hydrogens (tertiary/aromatic N) is 1. The van der Waals surface area contributed by atoms with Gasteiger partial charge in [-0.05, 0) is 104 Å². The van der Waals surface area contributed by atoms with E-state index in [9.17, 15) is 18.3 Å². The van der Waals surface area contributed by atoms with Crippen LogP contribution in [0.25, 0.3) is 0 Å². The molecule has 10 atom stereocenters. The standard InChI is InChI=1S/C36H66N2O5S/c1-25(2)11-8-12-26(3)30-17-18-31-29-16-15-27-13-9-14-33(36(27,5)32(29)19-20-35(30,31)4)34(40)37-21-10-22-38(6,7)23-28(39)24-44(41,42)43/h25-33,39H,8-24H2,1-7H3,(H-,37,40,41,42,43)/p+1/t26-,27?,28?,29+,30-,31+,32+,33?,35-,36+/m1/s1. The Morgan fingerprint density at radius 1 is 0.955 bits per heavy atom. The molecule has 4 saturated carbocycles. The third-order valence-corrected chi connectivity index (χ3v) is 14.4. The Morgan fingerprint density at radius 3 is 2.36 bits per heavy atom. The van der Waals surface area contributed by atoms with E-state index in [1.165, 1.54) is 64.2 Å². The van der Waals surface area contributed by atoms with Crippen molar-refractivity contribution >= 4 is 16.0 Å². The lowest BCUT2D eigenvalue weighted by molar-refractivity contribution is -0.893. The second-order valence-electron chi connectivity index (χ2n) is 17.4. The minimum atomic E-state index is -4.21. The maximum atomic E-state index is 13.9. The summed E-state index contributed by atoms with van der Waals surface area (Å²) in [6.07, 6.45) is 15.2. The predicted molar refractivity (Wildman–Crippen MR) is 178 cm³/mol. The quantitative estimate of drug-likeness (QED) is 0.114. The molecule has 0 spiro atoms. The first-order valence-electron chi connectivity index (χ1n) is 18.2. The van der Waals surface area contributed by atoms with Crippen molar-refractivity contribution in [3.63, 3.8) is 0 Å². The van der Waals surface area contributed by atoms with Gasteiger partial charge in [0.2, 0.25) is 5.91 Å². The van der Waals surface area contributed by atoms with Gasteiger partial charge in [-0.2, -0.15) is 8.42 Å². The molecule has 0 heterocycles. The van der Waals surface area contributed by atoms with Crippen LogP contribution in [-0.2, 0) is 14.9 Å². The maximum Gasteiger partial charge on any atom is 0.267 e. The molecule has 256 valence electrons. The number of hydrogen-bond acceptors (Lipinski definition) is 4. The number of aliphatic hydroxyl groups excluding tert-OH is 1. The molecule has 3 unspecified atom stereocenters. The van der Waals surface area contributed by atoms with E-state index in [0.717, 1.165) is 48.9 Å². The normalized spacial score (nSPS) is 37.1. The van der Waals surface area contributed by atoms with Gasteiger partial charge in [-0.15, -0.1) is 0 Å². The van der Waals surface area contributed by atoms with Crippen LogP contribution in [-0.4, -0.2) is 74.1 Å². The van der Waals surface area contributed by atoms with Crippen LogP contribution in [0.1, 0.15) is 118 Å². The van der Waals surface area contributed by atoms with Crippen LogP contribution in [0.3, 0.4) is 0 Å². The van der Waals surface area contributed by atoms with E-state index in [2.05, 4.69) is 39.9 Å². The zero-order chi connectivity index (χ0) is 32.5. The summed E-state index contributed by atoms with van der Waals surface area (Å²) in [6, 6.07) is 0. The Labute approximate surface area is 270 Å². The van der Waals surface area contributed by atoms with Gasteiger partial charge in [0.1, 0.15) is 18.4 Å². The van der Waals surface area contributed by atoms with Crippen molar-refractivity contribution in [3.05, 3.63) is 0 Å². The molecule has 0 radical (unpaired) electrons. The number of carbonyl (C=O) groups excluding carboxylic acids is 1. The van der Waals surface area contributed by atoms with E-state index < -0.39 is 22.0 Å². The lowest BCUT2D eigenvalue weighted by Gasteiger charge is -2.62. The fourth-order valence-corrected chi connectivity index (χ4v) is 12.2. The van der Waals surface area contributed by atoms with Gasteiger partial charge in [0.15, 0.2) is 0 Å². The summed E-state index contributed by atoms with van der Waals surface area (Å²) in [6.45, 7) is 13.9. The molecule has 1 amide bonds. The molecule has 0 aromatic carbocycles. The van der Waals surface area contributed by atoms with Crippen LogP contribution >= 0.6 is 0 Å². The Bertz CT molecular complexity index is 1080. The van der Waals surface area contributed by atoms with Crippen molar-refractivity contribution in [2.45, 2.75) is 124 Å². The molecule has 4 aliphatic rings. The largest absolute Gasteiger partial charge is 0.386 e. The van der Waals surface area contributed by atoms with Gasteiger partial charge in [0.25, 0.3) is 10.1 Å². The third-order valence-electron chi connectivity index (χ3n) is 13.6. The van der Waals surface area contributed by atoms with Crippen molar-refractivity contribution in [3.8, 4) is 0 Å². The zero-order valence-electron chi connectivity index (χ0n) is 29.2. The molecule has 44 heavy (non-hydrogen) atoms. The van der Waals surface area contributed by atoms with E-state index in [1.807, 2.05) is 14.1 Å². The van der Waals surface area contributed by atoms with Crippen molar-refractivity contribution in [2.24, 2.45) is 58.2 Å². The predicted octanol–water partition coefficient (Wildman–Crippen LogP) is 6.56. The molecule has 4 rings (SSSR count). The smallest absolute Gasteiger partial charge is 0.267 e. The summed E-state index contributed by atoms with van der Waals surface area (Å²) in [5.74, 6) is 5.05. The number of rotatable bonds is 14. The Kier molecular flexibility index (Phi) is 11.7. The number of hydrogen-bond donors (Lipinski definition) is 3. The summed E-state index contributed by atoms with van der Waals surface area (Å²) in [7, 11) is -0.317. The zero-order valence-corrected chi connectivity index (χ0v) is 30.0. The average molecular weight is 640 g/mol. The first-order chi connectivity index (χ1) is 20.5. The highest BCUT2D eigenvalue weighted by atomic mass is 32.2. The monoisotopic (exact) mass is 639 g/mol. The van der Waals surface area contributed by atoms with E-state index in [1.54, 1.807) is 0 Å². The van der Waals surface area contributed by atoms with Gasteiger partial charge in [-0.3, -0.25) is 9.35 Å².